The molecule has 7 heteroatoms. The molecule has 0 spiro atoms. The molecule has 2 heterocycles. The molecule has 194 valence electrons. The number of nitrogens with zero attached hydrogens (tertiary/aromatic N) is 4. The second-order valence-electron chi connectivity index (χ2n) is 10.6. The fourth-order valence-electron chi connectivity index (χ4n) is 5.31. The van der Waals surface area contributed by atoms with Gasteiger partial charge in [-0.2, -0.15) is 0 Å². The molecule has 4 rings (SSSR count). The number of fused-ring (bicyclic) bond motifs is 1. The Bertz CT molecular complexity index is 1040. The lowest BCUT2D eigenvalue weighted by Gasteiger charge is -2.41. The highest BCUT2D eigenvalue weighted by molar-refractivity contribution is 6.30. The monoisotopic (exact) mass is 510 g/mol. The summed E-state index contributed by atoms with van der Waals surface area (Å²) in [6, 6.07) is 16.0. The summed E-state index contributed by atoms with van der Waals surface area (Å²) in [4.78, 5) is 35.0. The Kier molecular flexibility index (Phi) is 9.04. The molecule has 2 amide bonds. The molecule has 1 saturated heterocycles. The Morgan fingerprint density at radius 1 is 0.944 bits per heavy atom. The fraction of sp³-hybridized carbons (Fsp3) is 0.517. The van der Waals surface area contributed by atoms with Crippen molar-refractivity contribution in [3.8, 4) is 0 Å². The summed E-state index contributed by atoms with van der Waals surface area (Å²) in [7, 11) is 0. The molecule has 2 aromatic rings. The van der Waals surface area contributed by atoms with Crippen LogP contribution in [0.5, 0.6) is 0 Å². The predicted molar refractivity (Wildman–Crippen MR) is 146 cm³/mol. The standard InChI is InChI=1S/C29H39ClN4O2/c1-22(2)17-31-13-6-14-34(23(3)35)28-8-5-4-7-25(28)21-33(16-15-31)29(36)26-19-32(20-26)18-24-9-11-27(30)12-10-24/h4-5,7-12,22,26H,6,13-21H2,1-3H3. The van der Waals surface area contributed by atoms with Crippen LogP contribution in [0.2, 0.25) is 5.02 Å². The van der Waals surface area contributed by atoms with Gasteiger partial charge in [-0.15, -0.1) is 0 Å². The number of carbonyl (C=O) groups excluding carboxylic acids is 2. The van der Waals surface area contributed by atoms with E-state index in [1.165, 1.54) is 5.56 Å². The minimum absolute atomic E-state index is 0.0112. The van der Waals surface area contributed by atoms with Crippen LogP contribution in [0.25, 0.3) is 0 Å². The molecule has 6 nitrogen and oxygen atoms in total. The Morgan fingerprint density at radius 3 is 2.36 bits per heavy atom. The molecule has 0 unspecified atom stereocenters. The van der Waals surface area contributed by atoms with Crippen molar-refractivity contribution in [1.29, 1.82) is 0 Å². The first-order valence-electron chi connectivity index (χ1n) is 13.1. The van der Waals surface area contributed by atoms with Crippen LogP contribution in [-0.4, -0.2) is 72.3 Å². The highest BCUT2D eigenvalue weighted by Crippen LogP contribution is 2.27. The first-order valence-corrected chi connectivity index (χ1v) is 13.5. The molecule has 0 bridgehead atoms. The van der Waals surface area contributed by atoms with Gasteiger partial charge in [0.05, 0.1) is 5.92 Å². The molecule has 0 saturated carbocycles. The first kappa shape index (κ1) is 26.6. The van der Waals surface area contributed by atoms with Gasteiger partial charge in [0, 0.05) is 70.0 Å². The summed E-state index contributed by atoms with van der Waals surface area (Å²) in [6.45, 7) is 13.2. The molecule has 0 aliphatic carbocycles. The number of carbonyl (C=O) groups is 2. The Labute approximate surface area is 220 Å². The van der Waals surface area contributed by atoms with Gasteiger partial charge < -0.3 is 14.7 Å². The quantitative estimate of drug-likeness (QED) is 0.593. The van der Waals surface area contributed by atoms with Crippen LogP contribution in [0.4, 0.5) is 5.69 Å². The lowest BCUT2D eigenvalue weighted by molar-refractivity contribution is -0.142. The summed E-state index contributed by atoms with van der Waals surface area (Å²) in [5.41, 5.74) is 3.18. The van der Waals surface area contributed by atoms with Gasteiger partial charge in [0.2, 0.25) is 11.8 Å². The zero-order valence-electron chi connectivity index (χ0n) is 21.8. The molecule has 36 heavy (non-hydrogen) atoms. The number of hydrogen-bond acceptors (Lipinski definition) is 4. The smallest absolute Gasteiger partial charge is 0.228 e. The molecule has 0 atom stereocenters. The number of para-hydroxylation sites is 1. The van der Waals surface area contributed by atoms with E-state index in [0.29, 0.717) is 25.6 Å². The maximum Gasteiger partial charge on any atom is 0.228 e. The number of halogens is 1. The van der Waals surface area contributed by atoms with Gasteiger partial charge in [-0.3, -0.25) is 14.5 Å². The number of likely N-dealkylation sites (tertiary alicyclic amines) is 1. The van der Waals surface area contributed by atoms with Gasteiger partial charge in [0.25, 0.3) is 0 Å². The van der Waals surface area contributed by atoms with E-state index in [-0.39, 0.29) is 17.7 Å². The Morgan fingerprint density at radius 2 is 1.67 bits per heavy atom. The van der Waals surface area contributed by atoms with Crippen molar-refractivity contribution in [2.75, 3.05) is 50.7 Å². The molecular weight excluding hydrogens is 472 g/mol. The zero-order valence-corrected chi connectivity index (χ0v) is 22.6. The van der Waals surface area contributed by atoms with E-state index >= 15 is 0 Å². The maximum absolute atomic E-state index is 13.7. The highest BCUT2D eigenvalue weighted by atomic mass is 35.5. The third-order valence-corrected chi connectivity index (χ3v) is 7.38. The number of anilines is 1. The van der Waals surface area contributed by atoms with E-state index < -0.39 is 0 Å². The minimum Gasteiger partial charge on any atom is -0.337 e. The van der Waals surface area contributed by atoms with Crippen LogP contribution in [0.3, 0.4) is 0 Å². The largest absolute Gasteiger partial charge is 0.337 e. The normalized spacial score (nSPS) is 18.5. The maximum atomic E-state index is 13.7. The Hall–Kier alpha value is -2.41. The van der Waals surface area contributed by atoms with E-state index in [1.807, 2.05) is 52.3 Å². The number of benzene rings is 2. The summed E-state index contributed by atoms with van der Waals surface area (Å²) >= 11 is 6.02. The fourth-order valence-corrected chi connectivity index (χ4v) is 5.44. The molecule has 2 aromatic carbocycles. The van der Waals surface area contributed by atoms with Crippen LogP contribution in [0.1, 0.15) is 38.3 Å². The van der Waals surface area contributed by atoms with Crippen molar-refractivity contribution in [2.24, 2.45) is 11.8 Å². The first-order chi connectivity index (χ1) is 17.3. The summed E-state index contributed by atoms with van der Waals surface area (Å²) < 4.78 is 0. The van der Waals surface area contributed by atoms with E-state index in [2.05, 4.69) is 29.7 Å². The second-order valence-corrected chi connectivity index (χ2v) is 11.1. The number of hydrogen-bond donors (Lipinski definition) is 0. The average molecular weight is 511 g/mol. The van der Waals surface area contributed by atoms with E-state index in [4.69, 9.17) is 11.6 Å². The van der Waals surface area contributed by atoms with Crippen molar-refractivity contribution >= 4 is 29.1 Å². The van der Waals surface area contributed by atoms with Gasteiger partial charge in [-0.05, 0) is 48.2 Å². The van der Waals surface area contributed by atoms with Gasteiger partial charge in [0.1, 0.15) is 0 Å². The topological polar surface area (TPSA) is 47.1 Å². The minimum atomic E-state index is 0.0112. The summed E-state index contributed by atoms with van der Waals surface area (Å²) in [6.07, 6.45) is 0.914. The van der Waals surface area contributed by atoms with Crippen molar-refractivity contribution in [3.05, 3.63) is 64.7 Å². The lowest BCUT2D eigenvalue weighted by Crippen LogP contribution is -2.54. The van der Waals surface area contributed by atoms with E-state index in [1.54, 1.807) is 6.92 Å². The SMILES string of the molecule is CC(=O)N1CCCN(CC(C)C)CCN(C(=O)C2CN(Cc3ccc(Cl)cc3)C2)Cc2ccccc21. The number of rotatable bonds is 5. The van der Waals surface area contributed by atoms with Gasteiger partial charge in [-0.1, -0.05) is 55.8 Å². The van der Waals surface area contributed by atoms with Crippen molar-refractivity contribution < 1.29 is 9.59 Å². The molecule has 2 aliphatic rings. The van der Waals surface area contributed by atoms with Crippen LogP contribution >= 0.6 is 11.6 Å². The molecule has 0 aromatic heterocycles. The van der Waals surface area contributed by atoms with Crippen LogP contribution in [-0.2, 0) is 22.7 Å². The zero-order chi connectivity index (χ0) is 25.7. The highest BCUT2D eigenvalue weighted by Gasteiger charge is 2.35. The van der Waals surface area contributed by atoms with Crippen molar-refractivity contribution in [2.45, 2.75) is 40.3 Å². The molecule has 2 aliphatic heterocycles. The van der Waals surface area contributed by atoms with Gasteiger partial charge in [0.15, 0.2) is 0 Å². The number of amides is 2. The van der Waals surface area contributed by atoms with Gasteiger partial charge in [-0.25, -0.2) is 0 Å². The van der Waals surface area contributed by atoms with Crippen LogP contribution in [0, 0.1) is 11.8 Å². The third-order valence-electron chi connectivity index (χ3n) is 7.13. The van der Waals surface area contributed by atoms with Gasteiger partial charge >= 0.3 is 0 Å². The molecule has 1 fully saturated rings. The van der Waals surface area contributed by atoms with E-state index in [0.717, 1.165) is 62.0 Å². The predicted octanol–water partition coefficient (Wildman–Crippen LogP) is 4.52. The summed E-state index contributed by atoms with van der Waals surface area (Å²) in [5.74, 6) is 0.826. The Balaban J connectivity index is 1.49. The van der Waals surface area contributed by atoms with Crippen molar-refractivity contribution in [3.63, 3.8) is 0 Å². The molecule has 0 N–H and O–H groups in total. The third kappa shape index (κ3) is 6.87. The molecular formula is C29H39ClN4O2. The van der Waals surface area contributed by atoms with Crippen LogP contribution < -0.4 is 4.90 Å². The second kappa shape index (κ2) is 12.2. The van der Waals surface area contributed by atoms with Crippen molar-refractivity contribution in [1.82, 2.24) is 14.7 Å². The summed E-state index contributed by atoms with van der Waals surface area (Å²) in [5, 5.41) is 0.741. The molecule has 0 radical (unpaired) electrons. The van der Waals surface area contributed by atoms with Crippen LogP contribution in [0.15, 0.2) is 48.5 Å². The lowest BCUT2D eigenvalue weighted by atomic mass is 9.97. The van der Waals surface area contributed by atoms with E-state index in [9.17, 15) is 9.59 Å². The average Bonchev–Trinajstić information content (AvgIpc) is 2.85.